The van der Waals surface area contributed by atoms with Crippen LogP contribution in [0, 0.1) is 11.8 Å². The van der Waals surface area contributed by atoms with Gasteiger partial charge in [-0.15, -0.1) is 0 Å². The molecule has 0 saturated heterocycles. The number of carboxylic acid groups (broad SMARTS) is 1. The van der Waals surface area contributed by atoms with E-state index in [2.05, 4.69) is 13.8 Å². The van der Waals surface area contributed by atoms with E-state index < -0.39 is 5.97 Å². The molecule has 1 aliphatic carbocycles. The summed E-state index contributed by atoms with van der Waals surface area (Å²) in [6.45, 7) is 4.21. The summed E-state index contributed by atoms with van der Waals surface area (Å²) in [5.74, 6) is -1.11. The van der Waals surface area contributed by atoms with Crippen molar-refractivity contribution in [3.63, 3.8) is 0 Å². The smallest absolute Gasteiger partial charge is 0.306 e. The second-order valence-electron chi connectivity index (χ2n) is 5.60. The Morgan fingerprint density at radius 2 is 1.75 bits per heavy atom. The Kier molecular flexibility index (Phi) is 4.58. The van der Waals surface area contributed by atoms with Gasteiger partial charge in [-0.05, 0) is 49.3 Å². The van der Waals surface area contributed by atoms with E-state index >= 15 is 0 Å². The molecule has 3 heteroatoms. The minimum absolute atomic E-state index is 0.117. The molecule has 0 bridgehead atoms. The van der Waals surface area contributed by atoms with Crippen molar-refractivity contribution < 1.29 is 14.7 Å². The number of aryl methyl sites for hydroxylation is 2. The molecular formula is C17H22O3. The number of Topliss-reactive ketones (excluding diaryl/α,β-unsaturated/α-hetero) is 1. The van der Waals surface area contributed by atoms with Crippen molar-refractivity contribution in [2.75, 3.05) is 0 Å². The maximum atomic E-state index is 12.5. The largest absolute Gasteiger partial charge is 0.481 e. The van der Waals surface area contributed by atoms with Crippen molar-refractivity contribution in [3.05, 3.63) is 34.9 Å². The number of benzene rings is 1. The molecule has 0 spiro atoms. The second kappa shape index (κ2) is 6.21. The summed E-state index contributed by atoms with van der Waals surface area (Å²) >= 11 is 0. The summed E-state index contributed by atoms with van der Waals surface area (Å²) in [6, 6.07) is 5.93. The number of ketones is 1. The maximum Gasteiger partial charge on any atom is 0.306 e. The van der Waals surface area contributed by atoms with Gasteiger partial charge in [-0.2, -0.15) is 0 Å². The highest BCUT2D eigenvalue weighted by atomic mass is 16.4. The van der Waals surface area contributed by atoms with Crippen molar-refractivity contribution in [1.29, 1.82) is 0 Å². The number of carbonyl (C=O) groups is 2. The standard InChI is InChI=1S/C17H22O3/c1-3-11-5-6-13(9-12(11)4-2)16(18)14-7-8-15(10-14)17(19)20/h5-6,9,14-15H,3-4,7-8,10H2,1-2H3,(H,19,20). The highest BCUT2D eigenvalue weighted by molar-refractivity contribution is 5.98. The number of rotatable bonds is 5. The van der Waals surface area contributed by atoms with Crippen LogP contribution in [-0.2, 0) is 17.6 Å². The summed E-state index contributed by atoms with van der Waals surface area (Å²) < 4.78 is 0. The van der Waals surface area contributed by atoms with Crippen LogP contribution in [0.5, 0.6) is 0 Å². The molecule has 2 rings (SSSR count). The number of carbonyl (C=O) groups excluding carboxylic acids is 1. The fourth-order valence-electron chi connectivity index (χ4n) is 3.13. The summed E-state index contributed by atoms with van der Waals surface area (Å²) in [5.41, 5.74) is 3.26. The van der Waals surface area contributed by atoms with E-state index in [0.29, 0.717) is 19.3 Å². The molecule has 1 aromatic carbocycles. The van der Waals surface area contributed by atoms with Crippen LogP contribution in [0.2, 0.25) is 0 Å². The lowest BCUT2D eigenvalue weighted by molar-refractivity contribution is -0.141. The van der Waals surface area contributed by atoms with Crippen LogP contribution in [-0.4, -0.2) is 16.9 Å². The van der Waals surface area contributed by atoms with E-state index in [-0.39, 0.29) is 17.6 Å². The molecule has 20 heavy (non-hydrogen) atoms. The van der Waals surface area contributed by atoms with Gasteiger partial charge in [-0.25, -0.2) is 0 Å². The van der Waals surface area contributed by atoms with Crippen molar-refractivity contribution in [1.82, 2.24) is 0 Å². The normalized spacial score (nSPS) is 21.9. The third kappa shape index (κ3) is 2.92. The summed E-state index contributed by atoms with van der Waals surface area (Å²) in [6.07, 6.45) is 3.71. The van der Waals surface area contributed by atoms with Crippen LogP contribution < -0.4 is 0 Å². The van der Waals surface area contributed by atoms with E-state index in [1.54, 1.807) is 0 Å². The fourth-order valence-corrected chi connectivity index (χ4v) is 3.13. The van der Waals surface area contributed by atoms with Crippen LogP contribution in [0.4, 0.5) is 0 Å². The molecule has 108 valence electrons. The van der Waals surface area contributed by atoms with Crippen molar-refractivity contribution in [2.45, 2.75) is 46.0 Å². The number of hydrogen-bond donors (Lipinski definition) is 1. The van der Waals surface area contributed by atoms with Gasteiger partial charge in [0.25, 0.3) is 0 Å². The lowest BCUT2D eigenvalue weighted by Gasteiger charge is -2.12. The topological polar surface area (TPSA) is 54.4 Å². The SMILES string of the molecule is CCc1ccc(C(=O)C2CCC(C(=O)O)C2)cc1CC. The first-order valence-corrected chi connectivity index (χ1v) is 7.45. The minimum atomic E-state index is -0.768. The first-order valence-electron chi connectivity index (χ1n) is 7.45. The highest BCUT2D eigenvalue weighted by Crippen LogP contribution is 2.33. The summed E-state index contributed by atoms with van der Waals surface area (Å²) in [7, 11) is 0. The van der Waals surface area contributed by atoms with Crippen molar-refractivity contribution in [2.24, 2.45) is 11.8 Å². The number of carboxylic acids is 1. The monoisotopic (exact) mass is 274 g/mol. The third-order valence-corrected chi connectivity index (χ3v) is 4.41. The molecule has 2 unspecified atom stereocenters. The summed E-state index contributed by atoms with van der Waals surface area (Å²) in [4.78, 5) is 23.5. The van der Waals surface area contributed by atoms with E-state index in [4.69, 9.17) is 5.11 Å². The van der Waals surface area contributed by atoms with E-state index in [9.17, 15) is 9.59 Å². The van der Waals surface area contributed by atoms with Gasteiger partial charge in [0, 0.05) is 11.5 Å². The van der Waals surface area contributed by atoms with Crippen LogP contribution in [0.25, 0.3) is 0 Å². The molecule has 1 N–H and O–H groups in total. The highest BCUT2D eigenvalue weighted by Gasteiger charge is 2.34. The molecule has 1 fully saturated rings. The molecule has 0 heterocycles. The second-order valence-corrected chi connectivity index (χ2v) is 5.60. The van der Waals surface area contributed by atoms with Gasteiger partial charge in [0.1, 0.15) is 0 Å². The van der Waals surface area contributed by atoms with Gasteiger partial charge < -0.3 is 5.11 Å². The molecule has 1 saturated carbocycles. The zero-order chi connectivity index (χ0) is 14.7. The van der Waals surface area contributed by atoms with Gasteiger partial charge >= 0.3 is 5.97 Å². The zero-order valence-electron chi connectivity index (χ0n) is 12.2. The lowest BCUT2D eigenvalue weighted by atomic mass is 9.91. The van der Waals surface area contributed by atoms with E-state index in [1.165, 1.54) is 11.1 Å². The molecule has 0 aromatic heterocycles. The Hall–Kier alpha value is -1.64. The Labute approximate surface area is 120 Å². The number of aliphatic carboxylic acids is 1. The molecule has 1 aliphatic rings. The fraction of sp³-hybridized carbons (Fsp3) is 0.529. The van der Waals surface area contributed by atoms with Crippen LogP contribution in [0.3, 0.4) is 0 Å². The van der Waals surface area contributed by atoms with Crippen LogP contribution >= 0.6 is 0 Å². The first kappa shape index (κ1) is 14.8. The van der Waals surface area contributed by atoms with Crippen LogP contribution in [0.15, 0.2) is 18.2 Å². The van der Waals surface area contributed by atoms with Gasteiger partial charge in [0.2, 0.25) is 0 Å². The Balaban J connectivity index is 2.16. The molecule has 0 aliphatic heterocycles. The van der Waals surface area contributed by atoms with Crippen LogP contribution in [0.1, 0.15) is 54.6 Å². The molecule has 3 nitrogen and oxygen atoms in total. The van der Waals surface area contributed by atoms with Gasteiger partial charge in [0.05, 0.1) is 5.92 Å². The number of hydrogen-bond acceptors (Lipinski definition) is 2. The third-order valence-electron chi connectivity index (χ3n) is 4.41. The first-order chi connectivity index (χ1) is 9.56. The van der Waals surface area contributed by atoms with Gasteiger partial charge in [-0.3, -0.25) is 9.59 Å². The predicted octanol–water partition coefficient (Wildman–Crippen LogP) is 3.50. The molecular weight excluding hydrogens is 252 g/mol. The Morgan fingerprint density at radius 3 is 2.30 bits per heavy atom. The minimum Gasteiger partial charge on any atom is -0.481 e. The average molecular weight is 274 g/mol. The molecule has 0 radical (unpaired) electrons. The molecule has 2 atom stereocenters. The molecule has 1 aromatic rings. The van der Waals surface area contributed by atoms with Gasteiger partial charge in [-0.1, -0.05) is 26.0 Å². The quantitative estimate of drug-likeness (QED) is 0.836. The molecule has 0 amide bonds. The van der Waals surface area contributed by atoms with Gasteiger partial charge in [0.15, 0.2) is 5.78 Å². The average Bonchev–Trinajstić information content (AvgIpc) is 2.95. The Bertz CT molecular complexity index is 519. The van der Waals surface area contributed by atoms with E-state index in [0.717, 1.165) is 18.4 Å². The maximum absolute atomic E-state index is 12.5. The lowest BCUT2D eigenvalue weighted by Crippen LogP contribution is -2.15. The summed E-state index contributed by atoms with van der Waals surface area (Å²) in [5, 5.41) is 9.02. The van der Waals surface area contributed by atoms with Crippen molar-refractivity contribution >= 4 is 11.8 Å². The zero-order valence-corrected chi connectivity index (χ0v) is 12.2. The predicted molar refractivity (Wildman–Crippen MR) is 78.0 cm³/mol. The van der Waals surface area contributed by atoms with E-state index in [1.807, 2.05) is 18.2 Å². The van der Waals surface area contributed by atoms with Crippen molar-refractivity contribution in [3.8, 4) is 0 Å². The Morgan fingerprint density at radius 1 is 1.10 bits per heavy atom.